The zero-order valence-electron chi connectivity index (χ0n) is 12.2. The minimum Gasteiger partial charge on any atom is -0.313 e. The Bertz CT molecular complexity index is 532. The number of rotatable bonds is 8. The molecule has 4 nitrogen and oxygen atoms in total. The van der Waals surface area contributed by atoms with Crippen LogP contribution in [0.15, 0.2) is 23.1 Å². The monoisotopic (exact) mass is 318 g/mol. The lowest BCUT2D eigenvalue weighted by atomic mass is 10.2. The van der Waals surface area contributed by atoms with Crippen LogP contribution in [0.2, 0.25) is 5.02 Å². The molecule has 0 aliphatic carbocycles. The highest BCUT2D eigenvalue weighted by Crippen LogP contribution is 2.20. The standard InChI is InChI=1S/C14H23ClN2O2S/c1-4-8-16-10-12-9-13(6-7-14(12)15)20(18,19)17-11(3)5-2/h6-7,9,11,16-17H,4-5,8,10H2,1-3H3. The van der Waals surface area contributed by atoms with Gasteiger partial charge in [0.1, 0.15) is 0 Å². The van der Waals surface area contributed by atoms with E-state index < -0.39 is 10.0 Å². The van der Waals surface area contributed by atoms with Gasteiger partial charge < -0.3 is 5.32 Å². The number of hydrogen-bond donors (Lipinski definition) is 2. The van der Waals surface area contributed by atoms with Crippen LogP contribution in [0.1, 0.15) is 39.2 Å². The Morgan fingerprint density at radius 1 is 1.30 bits per heavy atom. The van der Waals surface area contributed by atoms with Crippen LogP contribution in [0, 0.1) is 0 Å². The van der Waals surface area contributed by atoms with E-state index in [4.69, 9.17) is 11.6 Å². The van der Waals surface area contributed by atoms with E-state index in [1.165, 1.54) is 6.07 Å². The maximum atomic E-state index is 12.2. The van der Waals surface area contributed by atoms with E-state index in [-0.39, 0.29) is 10.9 Å². The van der Waals surface area contributed by atoms with Crippen LogP contribution in [0.5, 0.6) is 0 Å². The molecule has 0 heterocycles. The van der Waals surface area contributed by atoms with E-state index in [0.717, 1.165) is 24.9 Å². The molecule has 1 aromatic carbocycles. The second-order valence-electron chi connectivity index (χ2n) is 4.86. The van der Waals surface area contributed by atoms with Crippen molar-refractivity contribution in [3.05, 3.63) is 28.8 Å². The molecule has 1 atom stereocenters. The molecule has 0 bridgehead atoms. The van der Waals surface area contributed by atoms with Gasteiger partial charge in [0.2, 0.25) is 10.0 Å². The first-order valence-corrected chi connectivity index (χ1v) is 8.78. The zero-order chi connectivity index (χ0) is 15.2. The van der Waals surface area contributed by atoms with Crippen molar-refractivity contribution < 1.29 is 8.42 Å². The maximum absolute atomic E-state index is 12.2. The summed E-state index contributed by atoms with van der Waals surface area (Å²) >= 11 is 6.10. The smallest absolute Gasteiger partial charge is 0.240 e. The summed E-state index contributed by atoms with van der Waals surface area (Å²) in [6, 6.07) is 4.72. The minimum atomic E-state index is -3.48. The summed E-state index contributed by atoms with van der Waals surface area (Å²) in [6.07, 6.45) is 1.77. The average Bonchev–Trinajstić information content (AvgIpc) is 2.40. The molecule has 20 heavy (non-hydrogen) atoms. The Morgan fingerprint density at radius 3 is 2.60 bits per heavy atom. The fourth-order valence-corrected chi connectivity index (χ4v) is 3.23. The molecular formula is C14H23ClN2O2S. The van der Waals surface area contributed by atoms with E-state index in [1.54, 1.807) is 12.1 Å². The van der Waals surface area contributed by atoms with Gasteiger partial charge in [0.05, 0.1) is 4.90 Å². The van der Waals surface area contributed by atoms with Gasteiger partial charge in [0, 0.05) is 17.6 Å². The van der Waals surface area contributed by atoms with E-state index in [2.05, 4.69) is 17.0 Å². The first kappa shape index (κ1) is 17.4. The van der Waals surface area contributed by atoms with Crippen molar-refractivity contribution in [1.29, 1.82) is 0 Å². The molecule has 1 unspecified atom stereocenters. The minimum absolute atomic E-state index is 0.0858. The molecule has 2 N–H and O–H groups in total. The third-order valence-electron chi connectivity index (χ3n) is 3.04. The summed E-state index contributed by atoms with van der Waals surface area (Å²) in [6.45, 7) is 7.30. The van der Waals surface area contributed by atoms with E-state index >= 15 is 0 Å². The molecule has 114 valence electrons. The van der Waals surface area contributed by atoms with Gasteiger partial charge in [0.15, 0.2) is 0 Å². The topological polar surface area (TPSA) is 58.2 Å². The number of nitrogens with one attached hydrogen (secondary N) is 2. The van der Waals surface area contributed by atoms with Crippen LogP contribution in [0.4, 0.5) is 0 Å². The van der Waals surface area contributed by atoms with Crippen molar-refractivity contribution in [3.63, 3.8) is 0 Å². The number of halogens is 1. The van der Waals surface area contributed by atoms with Gasteiger partial charge in [-0.2, -0.15) is 0 Å². The highest BCUT2D eigenvalue weighted by atomic mass is 35.5. The predicted octanol–water partition coefficient (Wildman–Crippen LogP) is 2.92. The van der Waals surface area contributed by atoms with Crippen LogP contribution in [0.3, 0.4) is 0 Å². The van der Waals surface area contributed by atoms with Gasteiger partial charge in [-0.25, -0.2) is 13.1 Å². The molecule has 0 fully saturated rings. The fraction of sp³-hybridized carbons (Fsp3) is 0.571. The fourth-order valence-electron chi connectivity index (χ4n) is 1.67. The number of sulfonamides is 1. The molecule has 0 aromatic heterocycles. The van der Waals surface area contributed by atoms with Crippen molar-refractivity contribution in [2.75, 3.05) is 6.54 Å². The van der Waals surface area contributed by atoms with Gasteiger partial charge in [-0.15, -0.1) is 0 Å². The van der Waals surface area contributed by atoms with Crippen molar-refractivity contribution in [3.8, 4) is 0 Å². The Kier molecular flexibility index (Phi) is 6.95. The second-order valence-corrected chi connectivity index (χ2v) is 6.98. The van der Waals surface area contributed by atoms with Gasteiger partial charge in [0.25, 0.3) is 0 Å². The lowest BCUT2D eigenvalue weighted by Crippen LogP contribution is -2.32. The lowest BCUT2D eigenvalue weighted by molar-refractivity contribution is 0.555. The SMILES string of the molecule is CCCNCc1cc(S(=O)(=O)NC(C)CC)ccc1Cl. The molecule has 6 heteroatoms. The molecule has 0 saturated heterocycles. The normalized spacial score (nSPS) is 13.4. The summed E-state index contributed by atoms with van der Waals surface area (Å²) in [5.74, 6) is 0. The predicted molar refractivity (Wildman–Crippen MR) is 83.5 cm³/mol. The van der Waals surface area contributed by atoms with Crippen molar-refractivity contribution in [2.24, 2.45) is 0 Å². The van der Waals surface area contributed by atoms with Gasteiger partial charge in [-0.3, -0.25) is 0 Å². The van der Waals surface area contributed by atoms with Crippen molar-refractivity contribution >= 4 is 21.6 Å². The highest BCUT2D eigenvalue weighted by Gasteiger charge is 2.17. The quantitative estimate of drug-likeness (QED) is 0.725. The Balaban J connectivity index is 2.93. The van der Waals surface area contributed by atoms with Crippen LogP contribution in [0.25, 0.3) is 0 Å². The molecule has 1 aromatic rings. The Morgan fingerprint density at radius 2 is 2.00 bits per heavy atom. The van der Waals surface area contributed by atoms with Crippen LogP contribution >= 0.6 is 11.6 Å². The van der Waals surface area contributed by atoms with Gasteiger partial charge >= 0.3 is 0 Å². The summed E-state index contributed by atoms with van der Waals surface area (Å²) in [4.78, 5) is 0.260. The molecule has 0 saturated carbocycles. The average molecular weight is 319 g/mol. The van der Waals surface area contributed by atoms with E-state index in [1.807, 2.05) is 13.8 Å². The summed E-state index contributed by atoms with van der Waals surface area (Å²) in [7, 11) is -3.48. The molecule has 0 aliphatic rings. The molecule has 0 radical (unpaired) electrons. The number of hydrogen-bond acceptors (Lipinski definition) is 3. The Labute approximate surface area is 127 Å². The van der Waals surface area contributed by atoms with Crippen LogP contribution in [-0.2, 0) is 16.6 Å². The van der Waals surface area contributed by atoms with Crippen molar-refractivity contribution in [2.45, 2.75) is 51.1 Å². The summed E-state index contributed by atoms with van der Waals surface area (Å²) in [5, 5.41) is 3.80. The zero-order valence-corrected chi connectivity index (χ0v) is 13.8. The first-order chi connectivity index (χ1) is 9.40. The third-order valence-corrected chi connectivity index (χ3v) is 4.99. The van der Waals surface area contributed by atoms with Gasteiger partial charge in [-0.05, 0) is 50.1 Å². The molecule has 1 rings (SSSR count). The van der Waals surface area contributed by atoms with Crippen LogP contribution in [-0.4, -0.2) is 21.0 Å². The summed E-state index contributed by atoms with van der Waals surface area (Å²) < 4.78 is 27.1. The summed E-state index contributed by atoms with van der Waals surface area (Å²) in [5.41, 5.74) is 0.798. The third kappa shape index (κ3) is 5.05. The lowest BCUT2D eigenvalue weighted by Gasteiger charge is -2.13. The first-order valence-electron chi connectivity index (χ1n) is 6.92. The largest absolute Gasteiger partial charge is 0.313 e. The van der Waals surface area contributed by atoms with Crippen LogP contribution < -0.4 is 10.0 Å². The van der Waals surface area contributed by atoms with E-state index in [0.29, 0.717) is 11.6 Å². The van der Waals surface area contributed by atoms with Gasteiger partial charge in [-0.1, -0.05) is 25.4 Å². The second kappa shape index (κ2) is 7.98. The maximum Gasteiger partial charge on any atom is 0.240 e. The molecule has 0 spiro atoms. The highest BCUT2D eigenvalue weighted by molar-refractivity contribution is 7.89. The molecule has 0 amide bonds. The Hall–Kier alpha value is -0.620. The molecular weight excluding hydrogens is 296 g/mol. The molecule has 0 aliphatic heterocycles. The van der Waals surface area contributed by atoms with Crippen molar-refractivity contribution in [1.82, 2.24) is 10.0 Å². The number of benzene rings is 1. The van der Waals surface area contributed by atoms with E-state index in [9.17, 15) is 8.42 Å².